The molecule has 2 aliphatic heterocycles. The molecule has 0 aliphatic carbocycles. The van der Waals surface area contributed by atoms with E-state index in [2.05, 4.69) is 5.32 Å². The summed E-state index contributed by atoms with van der Waals surface area (Å²) in [5.74, 6) is -0.0935. The molecule has 4 rings (SSSR count). The molecule has 5 nitrogen and oxygen atoms in total. The molecule has 136 valence electrons. The van der Waals surface area contributed by atoms with Gasteiger partial charge >= 0.3 is 0 Å². The van der Waals surface area contributed by atoms with Crippen LogP contribution in [0.4, 0.5) is 0 Å². The van der Waals surface area contributed by atoms with E-state index in [1.54, 1.807) is 24.3 Å². The standard InChI is InChI=1S/C20H22N2O3S/c23-19-18(16-7-3-1-4-8-16)15-20(21-19)11-13-22(14-12-20)26(24,25)17-9-5-2-6-10-17/h1-10,18H,11-15H2,(H,21,23). The number of nitrogens with zero attached hydrogens (tertiary/aromatic N) is 1. The van der Waals surface area contributed by atoms with E-state index in [4.69, 9.17) is 0 Å². The van der Waals surface area contributed by atoms with Gasteiger partial charge < -0.3 is 5.32 Å². The number of benzene rings is 2. The Bertz CT molecular complexity index is 889. The molecule has 2 aromatic rings. The van der Waals surface area contributed by atoms with Gasteiger partial charge in [-0.1, -0.05) is 48.5 Å². The molecule has 0 aromatic heterocycles. The van der Waals surface area contributed by atoms with Gasteiger partial charge in [-0.2, -0.15) is 4.31 Å². The first kappa shape index (κ1) is 17.2. The number of rotatable bonds is 3. The molecule has 0 radical (unpaired) electrons. The third-order valence-corrected chi connectivity index (χ3v) is 7.48. The second-order valence-electron chi connectivity index (χ2n) is 7.15. The number of sulfonamides is 1. The van der Waals surface area contributed by atoms with Crippen molar-refractivity contribution in [2.45, 2.75) is 35.6 Å². The lowest BCUT2D eigenvalue weighted by Crippen LogP contribution is -2.52. The largest absolute Gasteiger partial charge is 0.350 e. The number of amides is 1. The second kappa shape index (κ2) is 6.52. The van der Waals surface area contributed by atoms with E-state index in [0.717, 1.165) is 12.0 Å². The maximum absolute atomic E-state index is 12.8. The molecular formula is C20H22N2O3S. The highest BCUT2D eigenvalue weighted by Gasteiger charge is 2.47. The van der Waals surface area contributed by atoms with Crippen molar-refractivity contribution < 1.29 is 13.2 Å². The summed E-state index contributed by atoms with van der Waals surface area (Å²) in [5, 5.41) is 3.17. The molecule has 1 N–H and O–H groups in total. The first-order valence-electron chi connectivity index (χ1n) is 8.92. The minimum Gasteiger partial charge on any atom is -0.350 e. The van der Waals surface area contributed by atoms with E-state index >= 15 is 0 Å². The summed E-state index contributed by atoms with van der Waals surface area (Å²) in [4.78, 5) is 12.8. The number of carbonyl (C=O) groups excluding carboxylic acids is 1. The van der Waals surface area contributed by atoms with Crippen LogP contribution in [0.1, 0.15) is 30.7 Å². The van der Waals surface area contributed by atoms with Gasteiger partial charge in [-0.3, -0.25) is 4.79 Å². The average molecular weight is 370 g/mol. The molecule has 2 saturated heterocycles. The van der Waals surface area contributed by atoms with E-state index in [1.165, 1.54) is 4.31 Å². The zero-order chi connectivity index (χ0) is 18.2. The number of carbonyl (C=O) groups is 1. The number of nitrogens with one attached hydrogen (secondary N) is 1. The lowest BCUT2D eigenvalue weighted by atomic mass is 9.82. The van der Waals surface area contributed by atoms with Gasteiger partial charge in [-0.15, -0.1) is 0 Å². The van der Waals surface area contributed by atoms with Crippen LogP contribution in [0.3, 0.4) is 0 Å². The van der Waals surface area contributed by atoms with Crippen molar-refractivity contribution in [3.63, 3.8) is 0 Å². The van der Waals surface area contributed by atoms with Crippen LogP contribution >= 0.6 is 0 Å². The Morgan fingerprint density at radius 2 is 1.50 bits per heavy atom. The van der Waals surface area contributed by atoms with Gasteiger partial charge in [0.15, 0.2) is 0 Å². The highest BCUT2D eigenvalue weighted by molar-refractivity contribution is 7.89. The number of piperidine rings is 1. The topological polar surface area (TPSA) is 66.5 Å². The van der Waals surface area contributed by atoms with Gasteiger partial charge in [0.25, 0.3) is 0 Å². The zero-order valence-corrected chi connectivity index (χ0v) is 15.3. The number of hydrogen-bond donors (Lipinski definition) is 1. The molecule has 1 amide bonds. The first-order chi connectivity index (χ1) is 12.5. The lowest BCUT2D eigenvalue weighted by molar-refractivity contribution is -0.121. The molecule has 2 aliphatic rings. The molecule has 26 heavy (non-hydrogen) atoms. The van der Waals surface area contributed by atoms with Crippen molar-refractivity contribution in [3.8, 4) is 0 Å². The molecule has 0 bridgehead atoms. The SMILES string of the molecule is O=C1NC2(CCN(S(=O)(=O)c3ccccc3)CC2)CC1c1ccccc1. The third-order valence-electron chi connectivity index (χ3n) is 5.56. The zero-order valence-electron chi connectivity index (χ0n) is 14.5. The van der Waals surface area contributed by atoms with Gasteiger partial charge in [0, 0.05) is 18.6 Å². The van der Waals surface area contributed by atoms with Gasteiger partial charge in [-0.25, -0.2) is 8.42 Å². The van der Waals surface area contributed by atoms with Gasteiger partial charge in [0.1, 0.15) is 0 Å². The number of hydrogen-bond acceptors (Lipinski definition) is 3. The summed E-state index contributed by atoms with van der Waals surface area (Å²) < 4.78 is 27.1. The minimum absolute atomic E-state index is 0.0515. The van der Waals surface area contributed by atoms with E-state index in [-0.39, 0.29) is 17.4 Å². The fraction of sp³-hybridized carbons (Fsp3) is 0.350. The average Bonchev–Trinajstić information content (AvgIpc) is 2.99. The van der Waals surface area contributed by atoms with Crippen LogP contribution < -0.4 is 5.32 Å². The van der Waals surface area contributed by atoms with Crippen molar-refractivity contribution in [1.82, 2.24) is 9.62 Å². The maximum atomic E-state index is 12.8. The molecule has 2 fully saturated rings. The normalized spacial score (nSPS) is 23.1. The summed E-state index contributed by atoms with van der Waals surface area (Å²) in [6.07, 6.45) is 2.03. The van der Waals surface area contributed by atoms with Crippen LogP contribution in [0, 0.1) is 0 Å². The van der Waals surface area contributed by atoms with Crippen LogP contribution in [-0.4, -0.2) is 37.3 Å². The van der Waals surface area contributed by atoms with Crippen molar-refractivity contribution in [2.75, 3.05) is 13.1 Å². The quantitative estimate of drug-likeness (QED) is 0.903. The molecule has 1 spiro atoms. The Kier molecular flexibility index (Phi) is 4.32. The molecular weight excluding hydrogens is 348 g/mol. The fourth-order valence-corrected chi connectivity index (χ4v) is 5.53. The fourth-order valence-electron chi connectivity index (χ4n) is 4.06. The molecule has 6 heteroatoms. The van der Waals surface area contributed by atoms with Gasteiger partial charge in [0.2, 0.25) is 15.9 Å². The highest BCUT2D eigenvalue weighted by atomic mass is 32.2. The Balaban J connectivity index is 1.48. The van der Waals surface area contributed by atoms with Crippen LogP contribution in [0.25, 0.3) is 0 Å². The van der Waals surface area contributed by atoms with E-state index in [1.807, 2.05) is 36.4 Å². The van der Waals surface area contributed by atoms with Crippen molar-refractivity contribution in [1.29, 1.82) is 0 Å². The van der Waals surface area contributed by atoms with Gasteiger partial charge in [0.05, 0.1) is 10.8 Å². The van der Waals surface area contributed by atoms with Crippen molar-refractivity contribution >= 4 is 15.9 Å². The predicted molar refractivity (Wildman–Crippen MR) is 99.1 cm³/mol. The monoisotopic (exact) mass is 370 g/mol. The van der Waals surface area contributed by atoms with Crippen molar-refractivity contribution in [2.24, 2.45) is 0 Å². The summed E-state index contributed by atoms with van der Waals surface area (Å²) in [5.41, 5.74) is 0.738. The first-order valence-corrected chi connectivity index (χ1v) is 10.4. The molecule has 2 heterocycles. The minimum atomic E-state index is -3.47. The van der Waals surface area contributed by atoms with E-state index < -0.39 is 10.0 Å². The summed E-state index contributed by atoms with van der Waals surface area (Å²) >= 11 is 0. The van der Waals surface area contributed by atoms with Crippen LogP contribution in [0.5, 0.6) is 0 Å². The molecule has 0 saturated carbocycles. The smallest absolute Gasteiger partial charge is 0.243 e. The van der Waals surface area contributed by atoms with Crippen LogP contribution in [-0.2, 0) is 14.8 Å². The highest BCUT2D eigenvalue weighted by Crippen LogP contribution is 2.40. The summed E-state index contributed by atoms with van der Waals surface area (Å²) in [6, 6.07) is 18.3. The lowest BCUT2D eigenvalue weighted by Gasteiger charge is -2.38. The Morgan fingerprint density at radius 1 is 0.923 bits per heavy atom. The third kappa shape index (κ3) is 3.04. The Morgan fingerprint density at radius 3 is 2.12 bits per heavy atom. The van der Waals surface area contributed by atoms with Crippen molar-refractivity contribution in [3.05, 3.63) is 66.2 Å². The summed E-state index contributed by atoms with van der Waals surface area (Å²) in [7, 11) is -3.47. The van der Waals surface area contributed by atoms with E-state index in [9.17, 15) is 13.2 Å². The molecule has 1 unspecified atom stereocenters. The Labute approximate surface area is 154 Å². The molecule has 2 aromatic carbocycles. The van der Waals surface area contributed by atoms with Crippen LogP contribution in [0.2, 0.25) is 0 Å². The van der Waals surface area contributed by atoms with Gasteiger partial charge in [-0.05, 0) is 37.0 Å². The predicted octanol–water partition coefficient (Wildman–Crippen LogP) is 2.51. The maximum Gasteiger partial charge on any atom is 0.243 e. The second-order valence-corrected chi connectivity index (χ2v) is 9.09. The summed E-state index contributed by atoms with van der Waals surface area (Å²) in [6.45, 7) is 0.859. The Hall–Kier alpha value is -2.18. The molecule has 1 atom stereocenters. The van der Waals surface area contributed by atoms with Crippen LogP contribution in [0.15, 0.2) is 65.6 Å². The van der Waals surface area contributed by atoms with E-state index in [0.29, 0.717) is 30.8 Å².